The van der Waals surface area contributed by atoms with Gasteiger partial charge < -0.3 is 10.6 Å². The molecule has 2 N–H and O–H groups in total. The highest BCUT2D eigenvalue weighted by molar-refractivity contribution is 7.89. The fourth-order valence-corrected chi connectivity index (χ4v) is 7.26. The van der Waals surface area contributed by atoms with Crippen LogP contribution in [0.3, 0.4) is 0 Å². The molecule has 3 atom stereocenters. The first-order valence-corrected chi connectivity index (χ1v) is 14.9. The van der Waals surface area contributed by atoms with Crippen molar-refractivity contribution in [3.05, 3.63) is 77.9 Å². The van der Waals surface area contributed by atoms with Crippen molar-refractivity contribution >= 4 is 32.6 Å². The second kappa shape index (κ2) is 11.3. The van der Waals surface area contributed by atoms with Crippen LogP contribution in [0.15, 0.2) is 71.6 Å². The SMILES string of the molecule is Cc1ccccc1C(=O)N[C@@H]1CCCC[C@H]1NC(=O)[C@@H]1CCCN(S(=O)(=O)c2ccc3ccccc3c2)C1. The van der Waals surface area contributed by atoms with Crippen LogP contribution in [-0.4, -0.2) is 49.7 Å². The number of amides is 2. The van der Waals surface area contributed by atoms with Crippen LogP contribution >= 0.6 is 0 Å². The Kier molecular flexibility index (Phi) is 7.81. The molecular weight excluding hydrogens is 498 g/mol. The van der Waals surface area contributed by atoms with Crippen molar-refractivity contribution in [3.8, 4) is 0 Å². The minimum absolute atomic E-state index is 0.125. The van der Waals surface area contributed by atoms with Crippen LogP contribution in [0.25, 0.3) is 10.8 Å². The Bertz CT molecular complexity index is 1440. The lowest BCUT2D eigenvalue weighted by atomic mass is 9.89. The van der Waals surface area contributed by atoms with Gasteiger partial charge in [0, 0.05) is 30.7 Å². The third-order valence-corrected chi connectivity index (χ3v) is 9.77. The Balaban J connectivity index is 1.25. The third kappa shape index (κ3) is 5.61. The molecular formula is C30H35N3O4S. The molecule has 0 bridgehead atoms. The standard InChI is InChI=1S/C30H35N3O4S/c1-21-9-2-5-13-26(21)30(35)32-28-15-7-6-14-27(28)31-29(34)24-12-8-18-33(20-24)38(36,37)25-17-16-22-10-3-4-11-23(22)19-25/h2-5,9-11,13,16-17,19,24,27-28H,6-8,12,14-15,18,20H2,1H3,(H,31,34)(H,32,35)/t24-,27-,28-/m1/s1. The summed E-state index contributed by atoms with van der Waals surface area (Å²) in [6, 6.07) is 20.0. The van der Waals surface area contributed by atoms with Gasteiger partial charge in [0.1, 0.15) is 0 Å². The molecule has 2 fully saturated rings. The molecule has 1 saturated carbocycles. The summed E-state index contributed by atoms with van der Waals surface area (Å²) in [6.07, 6.45) is 4.83. The molecule has 1 aliphatic heterocycles. The van der Waals surface area contributed by atoms with Crippen LogP contribution in [0.2, 0.25) is 0 Å². The highest BCUT2D eigenvalue weighted by Crippen LogP contribution is 2.27. The Hall–Kier alpha value is -3.23. The molecule has 0 radical (unpaired) electrons. The minimum Gasteiger partial charge on any atom is -0.351 e. The first kappa shape index (κ1) is 26.4. The average Bonchev–Trinajstić information content (AvgIpc) is 2.94. The molecule has 7 nitrogen and oxygen atoms in total. The van der Waals surface area contributed by atoms with Gasteiger partial charge in [-0.05, 0) is 67.1 Å². The van der Waals surface area contributed by atoms with Gasteiger partial charge in [0.15, 0.2) is 0 Å². The molecule has 2 amide bonds. The van der Waals surface area contributed by atoms with Gasteiger partial charge in [0.05, 0.1) is 10.8 Å². The monoisotopic (exact) mass is 533 g/mol. The molecule has 1 aliphatic carbocycles. The number of hydrogen-bond donors (Lipinski definition) is 2. The normalized spacial score (nSPS) is 22.6. The van der Waals surface area contributed by atoms with Crippen LogP contribution in [0.5, 0.6) is 0 Å². The first-order chi connectivity index (χ1) is 18.3. The smallest absolute Gasteiger partial charge is 0.251 e. The van der Waals surface area contributed by atoms with Gasteiger partial charge in [-0.15, -0.1) is 0 Å². The van der Waals surface area contributed by atoms with Gasteiger partial charge in [-0.3, -0.25) is 9.59 Å². The summed E-state index contributed by atoms with van der Waals surface area (Å²) in [5.41, 5.74) is 1.56. The van der Waals surface area contributed by atoms with Crippen LogP contribution in [-0.2, 0) is 14.8 Å². The van der Waals surface area contributed by atoms with E-state index in [4.69, 9.17) is 0 Å². The summed E-state index contributed by atoms with van der Waals surface area (Å²) >= 11 is 0. The lowest BCUT2D eigenvalue weighted by Crippen LogP contribution is -2.55. The predicted octanol–water partition coefficient (Wildman–Crippen LogP) is 4.41. The molecule has 1 heterocycles. The maximum Gasteiger partial charge on any atom is 0.251 e. The van der Waals surface area contributed by atoms with Gasteiger partial charge >= 0.3 is 0 Å². The van der Waals surface area contributed by atoms with Crippen molar-refractivity contribution in [2.75, 3.05) is 13.1 Å². The van der Waals surface area contributed by atoms with Crippen molar-refractivity contribution in [2.45, 2.75) is 62.4 Å². The lowest BCUT2D eigenvalue weighted by Gasteiger charge is -2.36. The number of sulfonamides is 1. The van der Waals surface area contributed by atoms with E-state index in [2.05, 4.69) is 10.6 Å². The predicted molar refractivity (Wildman–Crippen MR) is 148 cm³/mol. The maximum absolute atomic E-state index is 13.5. The first-order valence-electron chi connectivity index (χ1n) is 13.5. The number of rotatable bonds is 6. The van der Waals surface area contributed by atoms with Crippen molar-refractivity contribution in [1.82, 2.24) is 14.9 Å². The van der Waals surface area contributed by atoms with Crippen LogP contribution in [0.1, 0.15) is 54.4 Å². The van der Waals surface area contributed by atoms with Crippen molar-refractivity contribution in [2.24, 2.45) is 5.92 Å². The molecule has 0 spiro atoms. The van der Waals surface area contributed by atoms with Crippen LogP contribution in [0, 0.1) is 12.8 Å². The van der Waals surface area contributed by atoms with Gasteiger partial charge in [0.2, 0.25) is 15.9 Å². The van der Waals surface area contributed by atoms with E-state index in [1.807, 2.05) is 61.5 Å². The van der Waals surface area contributed by atoms with E-state index in [1.54, 1.807) is 12.1 Å². The zero-order valence-corrected chi connectivity index (χ0v) is 22.5. The number of fused-ring (bicyclic) bond motifs is 1. The number of carbonyl (C=O) groups excluding carboxylic acids is 2. The fraction of sp³-hybridized carbons (Fsp3) is 0.400. The highest BCUT2D eigenvalue weighted by atomic mass is 32.2. The van der Waals surface area contributed by atoms with Crippen molar-refractivity contribution in [3.63, 3.8) is 0 Å². The number of nitrogens with zero attached hydrogens (tertiary/aromatic N) is 1. The zero-order valence-electron chi connectivity index (χ0n) is 21.7. The number of benzene rings is 3. The second-order valence-corrected chi connectivity index (χ2v) is 12.4. The van der Waals surface area contributed by atoms with Gasteiger partial charge in [-0.25, -0.2) is 8.42 Å². The van der Waals surface area contributed by atoms with E-state index in [0.29, 0.717) is 24.9 Å². The molecule has 38 heavy (non-hydrogen) atoms. The molecule has 200 valence electrons. The van der Waals surface area contributed by atoms with Gasteiger partial charge in [-0.1, -0.05) is 61.4 Å². The summed E-state index contributed by atoms with van der Waals surface area (Å²) in [6.45, 7) is 2.47. The average molecular weight is 534 g/mol. The fourth-order valence-electron chi connectivity index (χ4n) is 5.70. The molecule has 2 aliphatic rings. The molecule has 5 rings (SSSR count). The van der Waals surface area contributed by atoms with Crippen LogP contribution < -0.4 is 10.6 Å². The molecule has 0 aromatic heterocycles. The summed E-state index contributed by atoms with van der Waals surface area (Å²) < 4.78 is 28.4. The molecule has 8 heteroatoms. The zero-order chi connectivity index (χ0) is 26.7. The molecule has 3 aromatic carbocycles. The van der Waals surface area contributed by atoms with E-state index in [-0.39, 0.29) is 35.3 Å². The summed E-state index contributed by atoms with van der Waals surface area (Å²) in [4.78, 5) is 26.6. The number of piperidine rings is 1. The van der Waals surface area contributed by atoms with Gasteiger partial charge in [0.25, 0.3) is 5.91 Å². The summed E-state index contributed by atoms with van der Waals surface area (Å²) in [5.74, 6) is -0.682. The van der Waals surface area contributed by atoms with Crippen molar-refractivity contribution in [1.29, 1.82) is 0 Å². The number of nitrogens with one attached hydrogen (secondary N) is 2. The summed E-state index contributed by atoms with van der Waals surface area (Å²) in [5, 5.41) is 8.17. The highest BCUT2D eigenvalue weighted by Gasteiger charge is 2.36. The van der Waals surface area contributed by atoms with Crippen molar-refractivity contribution < 1.29 is 18.0 Å². The molecule has 3 aromatic rings. The Morgan fingerprint density at radius 2 is 1.50 bits per heavy atom. The number of carbonyl (C=O) groups is 2. The number of hydrogen-bond acceptors (Lipinski definition) is 4. The lowest BCUT2D eigenvalue weighted by molar-refractivity contribution is -0.127. The summed E-state index contributed by atoms with van der Waals surface area (Å²) in [7, 11) is -3.72. The molecule has 0 unspecified atom stereocenters. The second-order valence-electron chi connectivity index (χ2n) is 10.5. The largest absolute Gasteiger partial charge is 0.351 e. The maximum atomic E-state index is 13.5. The quantitative estimate of drug-likeness (QED) is 0.491. The van der Waals surface area contributed by atoms with Crippen LogP contribution in [0.4, 0.5) is 0 Å². The van der Waals surface area contributed by atoms with Gasteiger partial charge in [-0.2, -0.15) is 4.31 Å². The van der Waals surface area contributed by atoms with E-state index in [9.17, 15) is 18.0 Å². The Morgan fingerprint density at radius 3 is 2.26 bits per heavy atom. The van der Waals surface area contributed by atoms with E-state index >= 15 is 0 Å². The Morgan fingerprint density at radius 1 is 0.816 bits per heavy atom. The van der Waals surface area contributed by atoms with E-state index < -0.39 is 15.9 Å². The minimum atomic E-state index is -3.72. The topological polar surface area (TPSA) is 95.6 Å². The van der Waals surface area contributed by atoms with E-state index in [1.165, 1.54) is 4.31 Å². The molecule has 1 saturated heterocycles. The third-order valence-electron chi connectivity index (χ3n) is 7.91. The van der Waals surface area contributed by atoms with E-state index in [0.717, 1.165) is 42.0 Å². The Labute approximate surface area is 224 Å². The number of aryl methyl sites for hydroxylation is 1.